The number of amides is 1. The smallest absolute Gasteiger partial charge is 0.244 e. The van der Waals surface area contributed by atoms with Gasteiger partial charge in [0.25, 0.3) is 0 Å². The normalized spacial score (nSPS) is 19.4. The lowest BCUT2D eigenvalue weighted by Crippen LogP contribution is -2.49. The number of rotatable bonds is 5. The lowest BCUT2D eigenvalue weighted by Gasteiger charge is -2.38. The maximum Gasteiger partial charge on any atom is 0.244 e. The van der Waals surface area contributed by atoms with Gasteiger partial charge in [0.05, 0.1) is 25.7 Å². The number of fused-ring (bicyclic) bond motifs is 1. The molecule has 2 aromatic rings. The molecule has 1 saturated heterocycles. The zero-order chi connectivity index (χ0) is 22.0. The van der Waals surface area contributed by atoms with Gasteiger partial charge in [-0.05, 0) is 35.2 Å². The van der Waals surface area contributed by atoms with Crippen LogP contribution >= 0.6 is 0 Å². The Hall–Kier alpha value is -2.58. The van der Waals surface area contributed by atoms with Gasteiger partial charge in [0, 0.05) is 26.2 Å². The topological polar surface area (TPSA) is 76.2 Å². The molecular weight excluding hydrogens is 416 g/mol. The van der Waals surface area contributed by atoms with Gasteiger partial charge in [0.2, 0.25) is 5.91 Å². The Morgan fingerprint density at radius 3 is 2.16 bits per heavy atom. The van der Waals surface area contributed by atoms with Crippen LogP contribution < -0.4 is 9.47 Å². The van der Waals surface area contributed by atoms with Gasteiger partial charge in [-0.1, -0.05) is 30.3 Å². The van der Waals surface area contributed by atoms with Gasteiger partial charge in [0.1, 0.15) is 6.04 Å². The Morgan fingerprint density at radius 2 is 1.55 bits per heavy atom. The molecular formula is C23H28N2O5S. The fourth-order valence-corrected chi connectivity index (χ4v) is 5.60. The van der Waals surface area contributed by atoms with Gasteiger partial charge >= 0.3 is 0 Å². The fraction of sp³-hybridized carbons (Fsp3) is 0.435. The number of hydrogen-bond acceptors (Lipinski definition) is 6. The summed E-state index contributed by atoms with van der Waals surface area (Å²) in [5, 5.41) is 0. The first-order valence-electron chi connectivity index (χ1n) is 10.4. The minimum absolute atomic E-state index is 0.00549. The zero-order valence-corrected chi connectivity index (χ0v) is 18.7. The van der Waals surface area contributed by atoms with Gasteiger partial charge < -0.3 is 14.4 Å². The van der Waals surface area contributed by atoms with Crippen LogP contribution in [0.2, 0.25) is 0 Å². The van der Waals surface area contributed by atoms with E-state index in [-0.39, 0.29) is 17.4 Å². The molecule has 2 aromatic carbocycles. The van der Waals surface area contributed by atoms with E-state index in [4.69, 9.17) is 9.47 Å². The number of nitrogens with zero attached hydrogens (tertiary/aromatic N) is 2. The summed E-state index contributed by atoms with van der Waals surface area (Å²) in [4.78, 5) is 17.6. The van der Waals surface area contributed by atoms with Crippen LogP contribution in [0.25, 0.3) is 0 Å². The van der Waals surface area contributed by atoms with Crippen molar-refractivity contribution in [3.63, 3.8) is 0 Å². The van der Waals surface area contributed by atoms with Crippen molar-refractivity contribution in [2.45, 2.75) is 19.0 Å². The molecule has 1 fully saturated rings. The van der Waals surface area contributed by atoms with Gasteiger partial charge in [-0.15, -0.1) is 0 Å². The summed E-state index contributed by atoms with van der Waals surface area (Å²) in [5.41, 5.74) is 3.09. The van der Waals surface area contributed by atoms with Crippen molar-refractivity contribution in [3.8, 4) is 11.5 Å². The first kappa shape index (κ1) is 21.6. The highest BCUT2D eigenvalue weighted by Gasteiger charge is 2.36. The third-order valence-electron chi connectivity index (χ3n) is 6.12. The van der Waals surface area contributed by atoms with Crippen LogP contribution in [0.4, 0.5) is 0 Å². The highest BCUT2D eigenvalue weighted by molar-refractivity contribution is 7.91. The number of carbonyl (C=O) groups is 1. The predicted molar refractivity (Wildman–Crippen MR) is 118 cm³/mol. The minimum Gasteiger partial charge on any atom is -0.493 e. The number of hydrogen-bond donors (Lipinski definition) is 0. The average molecular weight is 445 g/mol. The molecule has 0 N–H and O–H groups in total. The second-order valence-corrected chi connectivity index (χ2v) is 10.3. The zero-order valence-electron chi connectivity index (χ0n) is 17.9. The van der Waals surface area contributed by atoms with Crippen molar-refractivity contribution in [2.75, 3.05) is 45.4 Å². The number of ether oxygens (including phenoxy) is 2. The Bertz CT molecular complexity index is 1040. The molecule has 0 saturated carbocycles. The molecule has 0 aromatic heterocycles. The third-order valence-corrected chi connectivity index (χ3v) is 7.73. The quantitative estimate of drug-likeness (QED) is 0.703. The molecule has 8 heteroatoms. The van der Waals surface area contributed by atoms with Crippen LogP contribution in [-0.4, -0.2) is 69.5 Å². The molecule has 1 amide bonds. The van der Waals surface area contributed by atoms with Gasteiger partial charge in [-0.3, -0.25) is 9.69 Å². The molecule has 2 heterocycles. The molecule has 2 aliphatic rings. The van der Waals surface area contributed by atoms with E-state index >= 15 is 0 Å². The first-order valence-corrected chi connectivity index (χ1v) is 12.3. The largest absolute Gasteiger partial charge is 0.493 e. The van der Waals surface area contributed by atoms with E-state index in [1.165, 1.54) is 0 Å². The number of methoxy groups -OCH3 is 2. The van der Waals surface area contributed by atoms with Crippen molar-refractivity contribution in [1.29, 1.82) is 0 Å². The Balaban J connectivity index is 1.61. The summed E-state index contributed by atoms with van der Waals surface area (Å²) in [6.07, 6.45) is 0.733. The number of sulfone groups is 1. The second kappa shape index (κ2) is 8.88. The Morgan fingerprint density at radius 1 is 0.935 bits per heavy atom. The van der Waals surface area contributed by atoms with Crippen LogP contribution in [0.15, 0.2) is 42.5 Å². The molecule has 0 radical (unpaired) electrons. The molecule has 0 aliphatic carbocycles. The van der Waals surface area contributed by atoms with E-state index in [0.717, 1.165) is 23.1 Å². The van der Waals surface area contributed by atoms with Crippen molar-refractivity contribution in [3.05, 3.63) is 59.2 Å². The summed E-state index contributed by atoms with van der Waals surface area (Å²) in [5.74, 6) is 1.52. The molecule has 2 aliphatic heterocycles. The highest BCUT2D eigenvalue weighted by atomic mass is 32.2. The standard InChI is InChI=1S/C23H28N2O5S/c1-29-20-14-18-8-9-25(16-19(18)15-21(20)30-2)23(26)22(17-6-4-3-5-7-17)24-10-12-31(27,28)13-11-24/h3-7,14-15,22H,8-13,16H2,1-2H3. The lowest BCUT2D eigenvalue weighted by molar-refractivity contribution is -0.138. The molecule has 1 unspecified atom stereocenters. The van der Waals surface area contributed by atoms with Gasteiger partial charge in [0.15, 0.2) is 21.3 Å². The van der Waals surface area contributed by atoms with Gasteiger partial charge in [-0.2, -0.15) is 0 Å². The monoisotopic (exact) mass is 444 g/mol. The van der Waals surface area contributed by atoms with Gasteiger partial charge in [-0.25, -0.2) is 8.42 Å². The second-order valence-electron chi connectivity index (χ2n) is 7.99. The summed E-state index contributed by atoms with van der Waals surface area (Å²) in [6, 6.07) is 13.1. The van der Waals surface area contributed by atoms with E-state index in [1.807, 2.05) is 52.3 Å². The summed E-state index contributed by atoms with van der Waals surface area (Å²) in [7, 11) is 0.192. The van der Waals surface area contributed by atoms with Crippen molar-refractivity contribution in [2.24, 2.45) is 0 Å². The molecule has 166 valence electrons. The molecule has 0 spiro atoms. The minimum atomic E-state index is -3.03. The maximum atomic E-state index is 13.7. The molecule has 1 atom stereocenters. The van der Waals surface area contributed by atoms with Crippen molar-refractivity contribution >= 4 is 15.7 Å². The molecule has 4 rings (SSSR count). The predicted octanol–water partition coefficient (Wildman–Crippen LogP) is 2.06. The Labute approximate surface area is 183 Å². The highest BCUT2D eigenvalue weighted by Crippen LogP contribution is 2.34. The first-order chi connectivity index (χ1) is 14.9. The molecule has 31 heavy (non-hydrogen) atoms. The van der Waals surface area contributed by atoms with E-state index in [9.17, 15) is 13.2 Å². The molecule has 7 nitrogen and oxygen atoms in total. The number of benzene rings is 2. The van der Waals surface area contributed by atoms with Crippen LogP contribution in [0.5, 0.6) is 11.5 Å². The third kappa shape index (κ3) is 4.55. The van der Waals surface area contributed by atoms with Crippen LogP contribution in [0, 0.1) is 0 Å². The van der Waals surface area contributed by atoms with E-state index in [1.54, 1.807) is 14.2 Å². The fourth-order valence-electron chi connectivity index (χ4n) is 4.37. The van der Waals surface area contributed by atoms with E-state index in [2.05, 4.69) is 0 Å². The lowest BCUT2D eigenvalue weighted by atomic mass is 9.96. The average Bonchev–Trinajstić information content (AvgIpc) is 2.79. The van der Waals surface area contributed by atoms with Crippen LogP contribution in [0.3, 0.4) is 0 Å². The van der Waals surface area contributed by atoms with E-state index < -0.39 is 15.9 Å². The van der Waals surface area contributed by atoms with E-state index in [0.29, 0.717) is 37.7 Å². The Kier molecular flexibility index (Phi) is 6.20. The molecule has 0 bridgehead atoms. The SMILES string of the molecule is COc1cc2c(cc1OC)CN(C(=O)C(c1ccccc1)N1CCS(=O)(=O)CC1)CC2. The van der Waals surface area contributed by atoms with Crippen LogP contribution in [-0.2, 0) is 27.6 Å². The van der Waals surface area contributed by atoms with Crippen molar-refractivity contribution in [1.82, 2.24) is 9.80 Å². The summed E-state index contributed by atoms with van der Waals surface area (Å²) in [6.45, 7) is 1.83. The number of carbonyl (C=O) groups excluding carboxylic acids is 1. The summed E-state index contributed by atoms with van der Waals surface area (Å²) < 4.78 is 34.7. The summed E-state index contributed by atoms with van der Waals surface area (Å²) >= 11 is 0. The van der Waals surface area contributed by atoms with Crippen molar-refractivity contribution < 1.29 is 22.7 Å². The van der Waals surface area contributed by atoms with Crippen LogP contribution in [0.1, 0.15) is 22.7 Å². The maximum absolute atomic E-state index is 13.7.